The average Bonchev–Trinajstić information content (AvgIpc) is 2.49. The van der Waals surface area contributed by atoms with Gasteiger partial charge >= 0.3 is 0 Å². The van der Waals surface area contributed by atoms with E-state index in [0.29, 0.717) is 5.56 Å². The fourth-order valence-electron chi connectivity index (χ4n) is 1.96. The maximum atomic E-state index is 12.3. The first-order chi connectivity index (χ1) is 9.97. The van der Waals surface area contributed by atoms with E-state index in [1.807, 2.05) is 0 Å². The summed E-state index contributed by atoms with van der Waals surface area (Å²) in [6, 6.07) is 11.2. The number of hydrogen-bond donors (Lipinski definition) is 1. The van der Waals surface area contributed by atoms with Crippen LogP contribution in [0.2, 0.25) is 0 Å². The Bertz CT molecular complexity index is 698. The molecule has 0 radical (unpaired) electrons. The van der Waals surface area contributed by atoms with Gasteiger partial charge in [-0.05, 0) is 29.8 Å². The van der Waals surface area contributed by atoms with Crippen molar-refractivity contribution in [3.05, 3.63) is 48.0 Å². The topological polar surface area (TPSA) is 72.8 Å². The molecule has 0 saturated heterocycles. The number of ether oxygens (including phenoxy) is 2. The molecule has 0 amide bonds. The molecular formula is C15H16O5S. The minimum absolute atomic E-state index is 0.152. The smallest absolute Gasteiger partial charge is 0.200 e. The zero-order chi connectivity index (χ0) is 15.5. The van der Waals surface area contributed by atoms with Crippen molar-refractivity contribution in [2.45, 2.75) is 10.6 Å². The third-order valence-electron chi connectivity index (χ3n) is 3.00. The summed E-state index contributed by atoms with van der Waals surface area (Å²) in [7, 11) is -0.683. The average molecular weight is 308 g/mol. The van der Waals surface area contributed by atoms with Crippen molar-refractivity contribution in [3.63, 3.8) is 0 Å². The standard InChI is InChI=1S/C15H16O5S/c1-19-13-8-11(9-14(20-2)15(13)16)10-21(17,18)12-6-4-3-5-7-12/h3-9,16H,10H2,1-2H3. The molecule has 1 N–H and O–H groups in total. The highest BCUT2D eigenvalue weighted by molar-refractivity contribution is 7.90. The van der Waals surface area contributed by atoms with Crippen LogP contribution in [0.4, 0.5) is 0 Å². The van der Waals surface area contributed by atoms with Crippen LogP contribution in [0.15, 0.2) is 47.4 Å². The first kappa shape index (κ1) is 15.2. The van der Waals surface area contributed by atoms with E-state index in [1.165, 1.54) is 26.4 Å². The number of hydrogen-bond acceptors (Lipinski definition) is 5. The second kappa shape index (κ2) is 6.05. The first-order valence-corrected chi connectivity index (χ1v) is 7.85. The Balaban J connectivity index is 2.40. The molecule has 0 heterocycles. The van der Waals surface area contributed by atoms with E-state index < -0.39 is 9.84 Å². The lowest BCUT2D eigenvalue weighted by Crippen LogP contribution is -2.05. The maximum absolute atomic E-state index is 12.3. The zero-order valence-corrected chi connectivity index (χ0v) is 12.6. The number of benzene rings is 2. The van der Waals surface area contributed by atoms with Crippen LogP contribution in [0.1, 0.15) is 5.56 Å². The van der Waals surface area contributed by atoms with Crippen molar-refractivity contribution >= 4 is 9.84 Å². The normalized spacial score (nSPS) is 11.1. The van der Waals surface area contributed by atoms with Gasteiger partial charge in [0.1, 0.15) is 0 Å². The molecule has 2 aromatic rings. The van der Waals surface area contributed by atoms with Crippen LogP contribution in [0.25, 0.3) is 0 Å². The molecule has 5 nitrogen and oxygen atoms in total. The van der Waals surface area contributed by atoms with Gasteiger partial charge < -0.3 is 14.6 Å². The summed E-state index contributed by atoms with van der Waals surface area (Å²) in [5.74, 6) is -0.00891. The Kier molecular flexibility index (Phi) is 4.37. The molecule has 0 atom stereocenters. The molecular weight excluding hydrogens is 292 g/mol. The largest absolute Gasteiger partial charge is 0.502 e. The number of phenolic OH excluding ortho intramolecular Hbond substituents is 1. The van der Waals surface area contributed by atoms with Crippen LogP contribution in [-0.2, 0) is 15.6 Å². The van der Waals surface area contributed by atoms with Gasteiger partial charge in [0.2, 0.25) is 5.75 Å². The second-order valence-electron chi connectivity index (χ2n) is 4.42. The molecule has 0 bridgehead atoms. The third kappa shape index (κ3) is 3.28. The number of phenols is 1. The second-order valence-corrected chi connectivity index (χ2v) is 6.41. The quantitative estimate of drug-likeness (QED) is 0.918. The predicted molar refractivity (Wildman–Crippen MR) is 78.5 cm³/mol. The number of rotatable bonds is 5. The number of aromatic hydroxyl groups is 1. The molecule has 0 aromatic heterocycles. The van der Waals surface area contributed by atoms with Gasteiger partial charge in [0, 0.05) is 0 Å². The van der Waals surface area contributed by atoms with Crippen LogP contribution in [0.3, 0.4) is 0 Å². The summed E-state index contributed by atoms with van der Waals surface area (Å²) in [4.78, 5) is 0.246. The third-order valence-corrected chi connectivity index (χ3v) is 4.70. The van der Waals surface area contributed by atoms with Gasteiger partial charge in [0.25, 0.3) is 0 Å². The molecule has 6 heteroatoms. The van der Waals surface area contributed by atoms with Gasteiger partial charge in [-0.3, -0.25) is 0 Å². The number of sulfone groups is 1. The van der Waals surface area contributed by atoms with Crippen LogP contribution < -0.4 is 9.47 Å². The van der Waals surface area contributed by atoms with Crippen molar-refractivity contribution in [2.24, 2.45) is 0 Å². The zero-order valence-electron chi connectivity index (χ0n) is 11.7. The Morgan fingerprint density at radius 3 is 2.00 bits per heavy atom. The Labute approximate surface area is 123 Å². The first-order valence-electron chi connectivity index (χ1n) is 6.19. The van der Waals surface area contributed by atoms with Crippen LogP contribution in [0.5, 0.6) is 17.2 Å². The van der Waals surface area contributed by atoms with E-state index in [0.717, 1.165) is 0 Å². The lowest BCUT2D eigenvalue weighted by Gasteiger charge is -2.11. The van der Waals surface area contributed by atoms with Gasteiger partial charge in [-0.25, -0.2) is 8.42 Å². The van der Waals surface area contributed by atoms with Crippen molar-refractivity contribution < 1.29 is 23.0 Å². The van der Waals surface area contributed by atoms with Gasteiger partial charge in [-0.1, -0.05) is 18.2 Å². The molecule has 0 spiro atoms. The lowest BCUT2D eigenvalue weighted by molar-refractivity contribution is 0.339. The molecule has 0 unspecified atom stereocenters. The van der Waals surface area contributed by atoms with Crippen LogP contribution in [-0.4, -0.2) is 27.7 Å². The van der Waals surface area contributed by atoms with Gasteiger partial charge in [-0.15, -0.1) is 0 Å². The molecule has 0 aliphatic heterocycles. The van der Waals surface area contributed by atoms with E-state index in [-0.39, 0.29) is 27.9 Å². The highest BCUT2D eigenvalue weighted by Gasteiger charge is 2.18. The predicted octanol–water partition coefficient (Wildman–Crippen LogP) is 2.38. The maximum Gasteiger partial charge on any atom is 0.200 e. The minimum Gasteiger partial charge on any atom is -0.502 e. The van der Waals surface area contributed by atoms with Crippen molar-refractivity contribution in [2.75, 3.05) is 14.2 Å². The highest BCUT2D eigenvalue weighted by Crippen LogP contribution is 2.37. The molecule has 0 aliphatic rings. The van der Waals surface area contributed by atoms with E-state index in [4.69, 9.17) is 9.47 Å². The molecule has 21 heavy (non-hydrogen) atoms. The van der Waals surface area contributed by atoms with Crippen molar-refractivity contribution in [1.29, 1.82) is 0 Å². The van der Waals surface area contributed by atoms with Gasteiger partial charge in [-0.2, -0.15) is 0 Å². The molecule has 0 aliphatic carbocycles. The van der Waals surface area contributed by atoms with Crippen LogP contribution in [0, 0.1) is 0 Å². The van der Waals surface area contributed by atoms with Gasteiger partial charge in [0.05, 0.1) is 24.9 Å². The number of methoxy groups -OCH3 is 2. The van der Waals surface area contributed by atoms with Crippen LogP contribution >= 0.6 is 0 Å². The molecule has 0 saturated carbocycles. The van der Waals surface area contributed by atoms with E-state index >= 15 is 0 Å². The highest BCUT2D eigenvalue weighted by atomic mass is 32.2. The van der Waals surface area contributed by atoms with E-state index in [2.05, 4.69) is 0 Å². The Hall–Kier alpha value is -2.21. The summed E-state index contributed by atoms with van der Waals surface area (Å²) in [6.07, 6.45) is 0. The van der Waals surface area contributed by atoms with E-state index in [9.17, 15) is 13.5 Å². The SMILES string of the molecule is COc1cc(CS(=O)(=O)c2ccccc2)cc(OC)c1O. The fraction of sp³-hybridized carbons (Fsp3) is 0.200. The molecule has 0 fully saturated rings. The summed E-state index contributed by atoms with van der Waals surface area (Å²) >= 11 is 0. The Morgan fingerprint density at radius 2 is 1.52 bits per heavy atom. The summed E-state index contributed by atoms with van der Waals surface area (Å²) in [5, 5.41) is 9.83. The minimum atomic E-state index is -3.47. The van der Waals surface area contributed by atoms with E-state index in [1.54, 1.807) is 30.3 Å². The summed E-state index contributed by atoms with van der Waals surface area (Å²) < 4.78 is 34.7. The van der Waals surface area contributed by atoms with Crippen molar-refractivity contribution in [3.8, 4) is 17.2 Å². The summed E-state index contributed by atoms with van der Waals surface area (Å²) in [5.41, 5.74) is 0.477. The lowest BCUT2D eigenvalue weighted by atomic mass is 10.2. The monoisotopic (exact) mass is 308 g/mol. The molecule has 2 rings (SSSR count). The Morgan fingerprint density at radius 1 is 1.00 bits per heavy atom. The molecule has 2 aromatic carbocycles. The van der Waals surface area contributed by atoms with Gasteiger partial charge in [0.15, 0.2) is 21.3 Å². The molecule has 112 valence electrons. The fourth-order valence-corrected chi connectivity index (χ4v) is 3.31. The van der Waals surface area contributed by atoms with Crippen molar-refractivity contribution in [1.82, 2.24) is 0 Å². The summed E-state index contributed by atoms with van der Waals surface area (Å²) in [6.45, 7) is 0.